The van der Waals surface area contributed by atoms with Crippen LogP contribution in [0.1, 0.15) is 19.2 Å². The molecule has 2 heterocycles. The molecule has 5 nitrogen and oxygen atoms in total. The van der Waals surface area contributed by atoms with Crippen molar-refractivity contribution in [3.05, 3.63) is 41.9 Å². The van der Waals surface area contributed by atoms with E-state index in [9.17, 15) is 13.6 Å². The summed E-state index contributed by atoms with van der Waals surface area (Å²) in [6.45, 7) is 4.28. The Kier molecular flexibility index (Phi) is 4.89. The number of nitrogens with one attached hydrogen (secondary N) is 1. The molecule has 1 fully saturated rings. The monoisotopic (exact) mass is 335 g/mol. The number of hydrogen-bond acceptors (Lipinski definition) is 4. The summed E-state index contributed by atoms with van der Waals surface area (Å²) in [6, 6.07) is 3.44. The van der Waals surface area contributed by atoms with Crippen LogP contribution in [0.3, 0.4) is 0 Å². The number of piperazine rings is 1. The number of benzene rings is 1. The molecule has 1 aliphatic rings. The Hall–Kier alpha value is -2.28. The van der Waals surface area contributed by atoms with Gasteiger partial charge in [-0.3, -0.25) is 4.79 Å². The van der Waals surface area contributed by atoms with Crippen LogP contribution in [-0.4, -0.2) is 41.5 Å². The van der Waals surface area contributed by atoms with E-state index >= 15 is 0 Å². The number of nitrogens with zero attached hydrogens (tertiary/aromatic N) is 2. The lowest BCUT2D eigenvalue weighted by molar-refractivity contribution is -0.134. The van der Waals surface area contributed by atoms with Crippen LogP contribution in [0.25, 0.3) is 11.3 Å². The number of halogens is 2. The van der Waals surface area contributed by atoms with E-state index in [0.29, 0.717) is 18.9 Å². The Bertz CT molecular complexity index is 732. The van der Waals surface area contributed by atoms with Gasteiger partial charge in [0.25, 0.3) is 0 Å². The molecule has 1 aromatic heterocycles. The van der Waals surface area contributed by atoms with Crippen molar-refractivity contribution in [2.24, 2.45) is 0 Å². The molecule has 1 amide bonds. The van der Waals surface area contributed by atoms with Crippen molar-refractivity contribution in [3.8, 4) is 11.3 Å². The highest BCUT2D eigenvalue weighted by atomic mass is 19.1. The van der Waals surface area contributed by atoms with Crippen LogP contribution in [-0.2, 0) is 11.2 Å². The Morgan fingerprint density at radius 2 is 2.29 bits per heavy atom. The first kappa shape index (κ1) is 16.6. The summed E-state index contributed by atoms with van der Waals surface area (Å²) in [4.78, 5) is 18.2. The first-order chi connectivity index (χ1) is 11.5. The molecule has 1 aromatic carbocycles. The molecule has 7 heteroatoms. The molecule has 0 aliphatic carbocycles. The topological polar surface area (TPSA) is 58.4 Å². The minimum absolute atomic E-state index is 0.0525. The van der Waals surface area contributed by atoms with E-state index in [2.05, 4.69) is 10.3 Å². The van der Waals surface area contributed by atoms with Gasteiger partial charge in [-0.15, -0.1) is 0 Å². The van der Waals surface area contributed by atoms with Gasteiger partial charge in [0.15, 0.2) is 11.7 Å². The van der Waals surface area contributed by atoms with E-state index in [-0.39, 0.29) is 29.7 Å². The number of rotatable bonds is 4. The Balaban J connectivity index is 1.63. The number of amides is 1. The SMILES string of the molecule is C[C@H]1CNCCN1C(=O)CCc1ncc(-c2ccc(F)cc2F)o1. The van der Waals surface area contributed by atoms with Crippen LogP contribution < -0.4 is 5.32 Å². The zero-order chi connectivity index (χ0) is 17.1. The Labute approximate surface area is 138 Å². The number of carbonyl (C=O) groups is 1. The summed E-state index contributed by atoms with van der Waals surface area (Å²) in [6.07, 6.45) is 2.03. The number of aryl methyl sites for hydroxylation is 1. The molecular formula is C17H19F2N3O2. The lowest BCUT2D eigenvalue weighted by Crippen LogP contribution is -2.52. The molecule has 0 bridgehead atoms. The quantitative estimate of drug-likeness (QED) is 0.932. The third-order valence-corrected chi connectivity index (χ3v) is 4.12. The number of carbonyl (C=O) groups excluding carboxylic acids is 1. The van der Waals surface area contributed by atoms with Gasteiger partial charge in [-0.25, -0.2) is 13.8 Å². The molecule has 1 aliphatic heterocycles. The van der Waals surface area contributed by atoms with Crippen molar-refractivity contribution in [1.29, 1.82) is 0 Å². The second kappa shape index (κ2) is 7.09. The molecule has 0 spiro atoms. The summed E-state index contributed by atoms with van der Waals surface area (Å²) in [5.74, 6) is -0.706. The summed E-state index contributed by atoms with van der Waals surface area (Å²) in [5.41, 5.74) is 0.150. The maximum Gasteiger partial charge on any atom is 0.223 e. The van der Waals surface area contributed by atoms with Gasteiger partial charge < -0.3 is 14.6 Å². The van der Waals surface area contributed by atoms with Crippen molar-refractivity contribution < 1.29 is 18.0 Å². The van der Waals surface area contributed by atoms with E-state index in [1.165, 1.54) is 12.3 Å². The van der Waals surface area contributed by atoms with Crippen molar-refractivity contribution in [2.45, 2.75) is 25.8 Å². The smallest absolute Gasteiger partial charge is 0.223 e. The van der Waals surface area contributed by atoms with Gasteiger partial charge in [-0.1, -0.05) is 0 Å². The maximum atomic E-state index is 13.8. The van der Waals surface area contributed by atoms with Crippen LogP contribution in [0.4, 0.5) is 8.78 Å². The molecule has 1 saturated heterocycles. The molecule has 0 unspecified atom stereocenters. The van der Waals surface area contributed by atoms with Crippen molar-refractivity contribution in [1.82, 2.24) is 15.2 Å². The highest BCUT2D eigenvalue weighted by Gasteiger charge is 2.23. The third kappa shape index (κ3) is 3.62. The van der Waals surface area contributed by atoms with Crippen molar-refractivity contribution in [2.75, 3.05) is 19.6 Å². The fourth-order valence-electron chi connectivity index (χ4n) is 2.81. The highest BCUT2D eigenvalue weighted by Crippen LogP contribution is 2.24. The summed E-state index contributed by atoms with van der Waals surface area (Å²) in [5, 5.41) is 3.24. The summed E-state index contributed by atoms with van der Waals surface area (Å²) >= 11 is 0. The highest BCUT2D eigenvalue weighted by molar-refractivity contribution is 5.76. The summed E-state index contributed by atoms with van der Waals surface area (Å²) < 4.78 is 32.2. The molecule has 1 atom stereocenters. The molecule has 2 aromatic rings. The molecule has 0 saturated carbocycles. The van der Waals surface area contributed by atoms with Gasteiger partial charge in [0.1, 0.15) is 11.6 Å². The molecule has 1 N–H and O–H groups in total. The van der Waals surface area contributed by atoms with Gasteiger partial charge in [-0.05, 0) is 19.1 Å². The van der Waals surface area contributed by atoms with E-state index in [4.69, 9.17) is 4.42 Å². The molecule has 128 valence electrons. The average Bonchev–Trinajstić information content (AvgIpc) is 3.01. The molecule has 3 rings (SSSR count). The second-order valence-corrected chi connectivity index (χ2v) is 5.88. The van der Waals surface area contributed by atoms with E-state index in [0.717, 1.165) is 25.2 Å². The zero-order valence-corrected chi connectivity index (χ0v) is 13.4. The first-order valence-corrected chi connectivity index (χ1v) is 7.95. The predicted molar refractivity (Wildman–Crippen MR) is 84.2 cm³/mol. The number of aromatic nitrogens is 1. The lowest BCUT2D eigenvalue weighted by Gasteiger charge is -2.34. The van der Waals surface area contributed by atoms with Crippen LogP contribution in [0.5, 0.6) is 0 Å². The number of oxazole rings is 1. The minimum Gasteiger partial charge on any atom is -0.441 e. The van der Waals surface area contributed by atoms with Gasteiger partial charge in [-0.2, -0.15) is 0 Å². The predicted octanol–water partition coefficient (Wildman–Crippen LogP) is 2.37. The molecule has 0 radical (unpaired) electrons. The van der Waals surface area contributed by atoms with E-state index < -0.39 is 11.6 Å². The zero-order valence-electron chi connectivity index (χ0n) is 13.4. The van der Waals surface area contributed by atoms with Crippen LogP contribution in [0.15, 0.2) is 28.8 Å². The fourth-order valence-corrected chi connectivity index (χ4v) is 2.81. The molecule has 24 heavy (non-hydrogen) atoms. The van der Waals surface area contributed by atoms with E-state index in [1.807, 2.05) is 11.8 Å². The Morgan fingerprint density at radius 1 is 1.46 bits per heavy atom. The van der Waals surface area contributed by atoms with Gasteiger partial charge in [0.05, 0.1) is 11.8 Å². The fraction of sp³-hybridized carbons (Fsp3) is 0.412. The second-order valence-electron chi connectivity index (χ2n) is 5.88. The van der Waals surface area contributed by atoms with Crippen molar-refractivity contribution in [3.63, 3.8) is 0 Å². The largest absolute Gasteiger partial charge is 0.441 e. The maximum absolute atomic E-state index is 13.8. The van der Waals surface area contributed by atoms with Crippen LogP contribution >= 0.6 is 0 Å². The number of hydrogen-bond donors (Lipinski definition) is 1. The minimum atomic E-state index is -0.705. The average molecular weight is 335 g/mol. The third-order valence-electron chi connectivity index (χ3n) is 4.12. The van der Waals surface area contributed by atoms with E-state index in [1.54, 1.807) is 0 Å². The Morgan fingerprint density at radius 3 is 3.04 bits per heavy atom. The summed E-state index contributed by atoms with van der Waals surface area (Å²) in [7, 11) is 0. The lowest BCUT2D eigenvalue weighted by atomic mass is 10.2. The first-order valence-electron chi connectivity index (χ1n) is 7.95. The van der Waals surface area contributed by atoms with Gasteiger partial charge in [0.2, 0.25) is 5.91 Å². The van der Waals surface area contributed by atoms with Gasteiger partial charge >= 0.3 is 0 Å². The van der Waals surface area contributed by atoms with Crippen molar-refractivity contribution >= 4 is 5.91 Å². The normalized spacial score (nSPS) is 18.0. The van der Waals surface area contributed by atoms with Crippen LogP contribution in [0.2, 0.25) is 0 Å². The van der Waals surface area contributed by atoms with Crippen LogP contribution in [0, 0.1) is 11.6 Å². The van der Waals surface area contributed by atoms with Gasteiger partial charge in [0, 0.05) is 44.6 Å². The standard InChI is InChI=1S/C17H19F2N3O2/c1-11-9-20-6-7-22(11)17(23)5-4-16-21-10-15(24-16)13-3-2-12(18)8-14(13)19/h2-3,8,10-11,20H,4-7,9H2,1H3/t11-/m0/s1. The molecular weight excluding hydrogens is 316 g/mol.